The number of hydrogen-bond donors (Lipinski definition) is 1. The molecule has 0 radical (unpaired) electrons. The van der Waals surface area contributed by atoms with Gasteiger partial charge in [-0.05, 0) is 23.6 Å². The Labute approximate surface area is 118 Å². The van der Waals surface area contributed by atoms with E-state index in [0.717, 1.165) is 25.2 Å². The predicted octanol–water partition coefficient (Wildman–Crippen LogP) is 2.55. The molecule has 0 saturated carbocycles. The van der Waals surface area contributed by atoms with E-state index in [0.29, 0.717) is 24.3 Å². The average molecular weight is 273 g/mol. The van der Waals surface area contributed by atoms with Gasteiger partial charge in [-0.2, -0.15) is 4.98 Å². The van der Waals surface area contributed by atoms with Gasteiger partial charge in [0.15, 0.2) is 5.82 Å². The van der Waals surface area contributed by atoms with E-state index < -0.39 is 0 Å². The van der Waals surface area contributed by atoms with Crippen molar-refractivity contribution in [3.63, 3.8) is 0 Å². The number of aryl methyl sites for hydroxylation is 1. The van der Waals surface area contributed by atoms with Gasteiger partial charge in [-0.3, -0.25) is 0 Å². The maximum atomic E-state index is 5.55. The number of fused-ring (bicyclic) bond motifs is 1. The highest BCUT2D eigenvalue weighted by Gasteiger charge is 2.16. The van der Waals surface area contributed by atoms with Crippen molar-refractivity contribution in [3.05, 3.63) is 41.0 Å². The zero-order valence-corrected chi connectivity index (χ0v) is 11.8. The first-order valence-corrected chi connectivity index (χ1v) is 7.04. The van der Waals surface area contributed by atoms with Crippen LogP contribution in [0.25, 0.3) is 0 Å². The Morgan fingerprint density at radius 1 is 1.40 bits per heavy atom. The summed E-state index contributed by atoms with van der Waals surface area (Å²) >= 11 is 0. The lowest BCUT2D eigenvalue weighted by Gasteiger charge is -2.17. The monoisotopic (exact) mass is 273 g/mol. The number of nitrogens with zero attached hydrogens (tertiary/aromatic N) is 2. The molecule has 0 aliphatic carbocycles. The molecule has 1 unspecified atom stereocenters. The molecule has 0 bridgehead atoms. The van der Waals surface area contributed by atoms with Crippen LogP contribution in [0, 0.1) is 6.92 Å². The van der Waals surface area contributed by atoms with Crippen molar-refractivity contribution in [1.82, 2.24) is 15.5 Å². The van der Waals surface area contributed by atoms with E-state index in [2.05, 4.69) is 40.6 Å². The molecule has 1 N–H and O–H groups in total. The average Bonchev–Trinajstić information content (AvgIpc) is 3.07. The Balaban J connectivity index is 1.69. The van der Waals surface area contributed by atoms with Gasteiger partial charge in [-0.1, -0.05) is 24.2 Å². The maximum absolute atomic E-state index is 5.55. The number of ether oxygens (including phenoxy) is 1. The van der Waals surface area contributed by atoms with E-state index in [1.165, 1.54) is 11.1 Å². The first-order chi connectivity index (χ1) is 9.76. The van der Waals surface area contributed by atoms with Crippen LogP contribution < -0.4 is 10.1 Å². The summed E-state index contributed by atoms with van der Waals surface area (Å²) in [5.74, 6) is 2.33. The first-order valence-electron chi connectivity index (χ1n) is 7.04. The van der Waals surface area contributed by atoms with Crippen LogP contribution in [0.15, 0.2) is 22.7 Å². The SMILES string of the molecule is CCC(NCc1noc(C)n1)c1ccc2c(c1)CCO2. The fourth-order valence-corrected chi connectivity index (χ4v) is 2.55. The molecule has 5 heteroatoms. The number of rotatable bonds is 5. The summed E-state index contributed by atoms with van der Waals surface area (Å²) < 4.78 is 10.5. The van der Waals surface area contributed by atoms with Crippen LogP contribution in [0.1, 0.15) is 42.2 Å². The van der Waals surface area contributed by atoms with Crippen LogP contribution >= 0.6 is 0 Å². The largest absolute Gasteiger partial charge is 0.493 e. The van der Waals surface area contributed by atoms with Crippen molar-refractivity contribution in [1.29, 1.82) is 0 Å². The summed E-state index contributed by atoms with van der Waals surface area (Å²) in [6, 6.07) is 6.73. The molecule has 106 valence electrons. The minimum atomic E-state index is 0.291. The Morgan fingerprint density at radius 2 is 2.30 bits per heavy atom. The fraction of sp³-hybridized carbons (Fsp3) is 0.467. The Kier molecular flexibility index (Phi) is 3.69. The molecule has 0 spiro atoms. The highest BCUT2D eigenvalue weighted by atomic mass is 16.5. The van der Waals surface area contributed by atoms with Gasteiger partial charge in [0.1, 0.15) is 5.75 Å². The van der Waals surface area contributed by atoms with Crippen LogP contribution in [0.2, 0.25) is 0 Å². The second-order valence-corrected chi connectivity index (χ2v) is 5.04. The van der Waals surface area contributed by atoms with Crippen molar-refractivity contribution >= 4 is 0 Å². The number of hydrogen-bond acceptors (Lipinski definition) is 5. The Morgan fingerprint density at radius 3 is 3.05 bits per heavy atom. The number of aromatic nitrogens is 2. The van der Waals surface area contributed by atoms with Crippen LogP contribution in [0.4, 0.5) is 0 Å². The van der Waals surface area contributed by atoms with Crippen LogP contribution in [-0.2, 0) is 13.0 Å². The van der Waals surface area contributed by atoms with E-state index in [1.54, 1.807) is 6.92 Å². The van der Waals surface area contributed by atoms with Gasteiger partial charge in [0, 0.05) is 19.4 Å². The Bertz CT molecular complexity index is 595. The standard InChI is InChI=1S/C15H19N3O2/c1-3-13(16-9-15-17-10(2)20-18-15)11-4-5-14-12(8-11)6-7-19-14/h4-5,8,13,16H,3,6-7,9H2,1-2H3. The molecule has 1 aromatic carbocycles. The molecule has 2 aromatic rings. The molecule has 0 fully saturated rings. The summed E-state index contributed by atoms with van der Waals surface area (Å²) in [5, 5.41) is 7.39. The van der Waals surface area contributed by atoms with Crippen molar-refractivity contribution < 1.29 is 9.26 Å². The third-order valence-electron chi connectivity index (χ3n) is 3.60. The Hall–Kier alpha value is -1.88. The van der Waals surface area contributed by atoms with Gasteiger partial charge >= 0.3 is 0 Å². The zero-order valence-electron chi connectivity index (χ0n) is 11.8. The van der Waals surface area contributed by atoms with Crippen LogP contribution in [-0.4, -0.2) is 16.7 Å². The van der Waals surface area contributed by atoms with Gasteiger partial charge in [0.25, 0.3) is 0 Å². The quantitative estimate of drug-likeness (QED) is 0.907. The van der Waals surface area contributed by atoms with Crippen LogP contribution in [0.5, 0.6) is 5.75 Å². The van der Waals surface area contributed by atoms with Crippen molar-refractivity contribution in [3.8, 4) is 5.75 Å². The third-order valence-corrected chi connectivity index (χ3v) is 3.60. The second-order valence-electron chi connectivity index (χ2n) is 5.04. The zero-order chi connectivity index (χ0) is 13.9. The van der Waals surface area contributed by atoms with E-state index in [1.807, 2.05) is 0 Å². The lowest BCUT2D eigenvalue weighted by atomic mass is 10.0. The summed E-state index contributed by atoms with van der Waals surface area (Å²) in [6.45, 7) is 5.38. The second kappa shape index (κ2) is 5.63. The molecule has 1 aromatic heterocycles. The molecule has 5 nitrogen and oxygen atoms in total. The van der Waals surface area contributed by atoms with Gasteiger partial charge in [-0.15, -0.1) is 0 Å². The summed E-state index contributed by atoms with van der Waals surface area (Å²) in [5.41, 5.74) is 2.59. The van der Waals surface area contributed by atoms with Crippen molar-refractivity contribution in [2.75, 3.05) is 6.61 Å². The van der Waals surface area contributed by atoms with Gasteiger partial charge in [-0.25, -0.2) is 0 Å². The summed E-state index contributed by atoms with van der Waals surface area (Å²) in [6.07, 6.45) is 2.01. The predicted molar refractivity (Wildman–Crippen MR) is 74.5 cm³/mol. The van der Waals surface area contributed by atoms with Gasteiger partial charge in [0.2, 0.25) is 5.89 Å². The third kappa shape index (κ3) is 2.67. The highest BCUT2D eigenvalue weighted by molar-refractivity contribution is 5.40. The maximum Gasteiger partial charge on any atom is 0.223 e. The fourth-order valence-electron chi connectivity index (χ4n) is 2.55. The van der Waals surface area contributed by atoms with E-state index in [4.69, 9.17) is 9.26 Å². The minimum Gasteiger partial charge on any atom is -0.493 e. The van der Waals surface area contributed by atoms with Gasteiger partial charge < -0.3 is 14.6 Å². The highest BCUT2D eigenvalue weighted by Crippen LogP contribution is 2.29. The topological polar surface area (TPSA) is 60.2 Å². The molecule has 0 saturated heterocycles. The summed E-state index contributed by atoms with van der Waals surface area (Å²) in [7, 11) is 0. The minimum absolute atomic E-state index is 0.291. The molecule has 2 heterocycles. The smallest absolute Gasteiger partial charge is 0.223 e. The van der Waals surface area contributed by atoms with Gasteiger partial charge in [0.05, 0.1) is 13.2 Å². The van der Waals surface area contributed by atoms with Crippen molar-refractivity contribution in [2.24, 2.45) is 0 Å². The lowest BCUT2D eigenvalue weighted by molar-refractivity contribution is 0.356. The molecule has 1 aliphatic rings. The molecule has 0 amide bonds. The van der Waals surface area contributed by atoms with E-state index in [9.17, 15) is 0 Å². The molecular formula is C15H19N3O2. The molecular weight excluding hydrogens is 254 g/mol. The number of benzene rings is 1. The number of nitrogens with one attached hydrogen (secondary N) is 1. The van der Waals surface area contributed by atoms with Crippen LogP contribution in [0.3, 0.4) is 0 Å². The first kappa shape index (κ1) is 13.1. The molecule has 1 aliphatic heterocycles. The molecule has 1 atom stereocenters. The van der Waals surface area contributed by atoms with E-state index >= 15 is 0 Å². The van der Waals surface area contributed by atoms with Crippen molar-refractivity contribution in [2.45, 2.75) is 39.3 Å². The molecule has 20 heavy (non-hydrogen) atoms. The normalized spacial score (nSPS) is 14.9. The van der Waals surface area contributed by atoms with E-state index in [-0.39, 0.29) is 0 Å². The molecule has 3 rings (SSSR count). The summed E-state index contributed by atoms with van der Waals surface area (Å²) in [4.78, 5) is 4.21. The lowest BCUT2D eigenvalue weighted by Crippen LogP contribution is -2.21.